The van der Waals surface area contributed by atoms with Gasteiger partial charge in [-0.3, -0.25) is 4.90 Å². The summed E-state index contributed by atoms with van der Waals surface area (Å²) in [7, 11) is 0. The maximum atomic E-state index is 13.0. The first-order valence-electron chi connectivity index (χ1n) is 5.33. The van der Waals surface area contributed by atoms with E-state index in [-0.39, 0.29) is 11.9 Å². The zero-order valence-electron chi connectivity index (χ0n) is 8.91. The summed E-state index contributed by atoms with van der Waals surface area (Å²) in [6, 6.07) is 4.98. The van der Waals surface area contributed by atoms with Crippen LogP contribution in [0.2, 0.25) is 0 Å². The minimum Gasteiger partial charge on any atom is -0.392 e. The Hall–Kier alpha value is -0.930. The van der Waals surface area contributed by atoms with Crippen molar-refractivity contribution in [3.63, 3.8) is 0 Å². The maximum absolute atomic E-state index is 13.0. The van der Waals surface area contributed by atoms with Gasteiger partial charge in [0.1, 0.15) is 5.82 Å². The van der Waals surface area contributed by atoms with Gasteiger partial charge in [-0.2, -0.15) is 0 Å². The van der Waals surface area contributed by atoms with Crippen molar-refractivity contribution >= 4 is 0 Å². The third-order valence-electron chi connectivity index (χ3n) is 2.78. The molecule has 1 heterocycles. The molecule has 2 nitrogen and oxygen atoms in total. The Kier molecular flexibility index (Phi) is 3.03. The first-order valence-corrected chi connectivity index (χ1v) is 5.33. The highest BCUT2D eigenvalue weighted by atomic mass is 19.1. The van der Waals surface area contributed by atoms with Crippen LogP contribution in [0.3, 0.4) is 0 Å². The Bertz CT molecular complexity index is 351. The molecule has 1 aliphatic rings. The van der Waals surface area contributed by atoms with E-state index in [1.54, 1.807) is 13.0 Å². The number of rotatable bonds is 2. The summed E-state index contributed by atoms with van der Waals surface area (Å²) in [5, 5.41) is 9.29. The van der Waals surface area contributed by atoms with Gasteiger partial charge in [0.15, 0.2) is 0 Å². The Morgan fingerprint density at radius 1 is 1.47 bits per heavy atom. The highest BCUT2D eigenvalue weighted by Crippen LogP contribution is 2.19. The Morgan fingerprint density at radius 3 is 3.00 bits per heavy atom. The predicted molar refractivity (Wildman–Crippen MR) is 57.1 cm³/mol. The van der Waals surface area contributed by atoms with Crippen LogP contribution in [0, 0.1) is 5.82 Å². The molecule has 3 heteroatoms. The van der Waals surface area contributed by atoms with E-state index in [2.05, 4.69) is 4.90 Å². The average Bonchev–Trinajstić information content (AvgIpc) is 2.16. The number of hydrogen-bond donors (Lipinski definition) is 1. The monoisotopic (exact) mass is 209 g/mol. The van der Waals surface area contributed by atoms with E-state index in [9.17, 15) is 9.50 Å². The van der Waals surface area contributed by atoms with Crippen LogP contribution in [-0.4, -0.2) is 29.2 Å². The smallest absolute Gasteiger partial charge is 0.123 e. The number of hydrogen-bond acceptors (Lipinski definition) is 2. The zero-order chi connectivity index (χ0) is 10.8. The molecule has 1 aromatic rings. The lowest BCUT2D eigenvalue weighted by Gasteiger charge is -2.29. The number of halogens is 1. The molecule has 0 amide bonds. The summed E-state index contributed by atoms with van der Waals surface area (Å²) in [5.41, 5.74) is 2.29. The van der Waals surface area contributed by atoms with E-state index < -0.39 is 0 Å². The van der Waals surface area contributed by atoms with E-state index in [0.29, 0.717) is 6.54 Å². The van der Waals surface area contributed by atoms with E-state index in [0.717, 1.165) is 25.1 Å². The molecule has 0 saturated carbocycles. The van der Waals surface area contributed by atoms with Crippen LogP contribution >= 0.6 is 0 Å². The number of nitrogens with zero attached hydrogens (tertiary/aromatic N) is 1. The average molecular weight is 209 g/mol. The van der Waals surface area contributed by atoms with Crippen molar-refractivity contribution in [3.05, 3.63) is 35.1 Å². The lowest BCUT2D eigenvalue weighted by Crippen LogP contribution is -2.35. The van der Waals surface area contributed by atoms with Crippen molar-refractivity contribution in [2.75, 3.05) is 13.1 Å². The summed E-state index contributed by atoms with van der Waals surface area (Å²) < 4.78 is 13.0. The molecule has 0 saturated heterocycles. The minimum atomic E-state index is -0.319. The first-order chi connectivity index (χ1) is 7.15. The standard InChI is InChI=1S/C12H16FNO/c1-9(15)7-14-5-4-10-2-3-12(13)6-11(10)8-14/h2-3,6,9,15H,4-5,7-8H2,1H3/t9-/m1/s1. The van der Waals surface area contributed by atoms with Gasteiger partial charge >= 0.3 is 0 Å². The van der Waals surface area contributed by atoms with Crippen molar-refractivity contribution in [2.45, 2.75) is 26.0 Å². The molecular formula is C12H16FNO. The number of β-amino-alcohol motifs (C(OH)–C–C–N with tert-alkyl or cyclic N) is 1. The Balaban J connectivity index is 2.11. The second-order valence-electron chi connectivity index (χ2n) is 4.25. The molecule has 1 atom stereocenters. The van der Waals surface area contributed by atoms with E-state index >= 15 is 0 Å². The van der Waals surface area contributed by atoms with Crippen molar-refractivity contribution in [3.8, 4) is 0 Å². The summed E-state index contributed by atoms with van der Waals surface area (Å²) in [5.74, 6) is -0.173. The fourth-order valence-electron chi connectivity index (χ4n) is 2.11. The fraction of sp³-hybridized carbons (Fsp3) is 0.500. The molecule has 1 aliphatic heterocycles. The third-order valence-corrected chi connectivity index (χ3v) is 2.78. The van der Waals surface area contributed by atoms with Gasteiger partial charge in [-0.1, -0.05) is 6.07 Å². The molecule has 2 rings (SSSR count). The van der Waals surface area contributed by atoms with Gasteiger partial charge in [0.05, 0.1) is 6.10 Å². The van der Waals surface area contributed by atoms with Crippen LogP contribution in [0.25, 0.3) is 0 Å². The zero-order valence-corrected chi connectivity index (χ0v) is 8.91. The lowest BCUT2D eigenvalue weighted by molar-refractivity contribution is 0.119. The largest absolute Gasteiger partial charge is 0.392 e. The predicted octanol–water partition coefficient (Wildman–Crippen LogP) is 1.56. The van der Waals surface area contributed by atoms with E-state index in [1.165, 1.54) is 11.6 Å². The van der Waals surface area contributed by atoms with Gasteiger partial charge in [-0.25, -0.2) is 4.39 Å². The SMILES string of the molecule is C[C@@H](O)CN1CCc2ccc(F)cc2C1. The molecule has 0 aromatic heterocycles. The molecule has 0 spiro atoms. The number of aliphatic hydroxyl groups excluding tert-OH is 1. The number of fused-ring (bicyclic) bond motifs is 1. The van der Waals surface area contributed by atoms with Gasteiger partial charge in [0, 0.05) is 19.6 Å². The summed E-state index contributed by atoms with van der Waals surface area (Å²) in [4.78, 5) is 2.16. The van der Waals surface area contributed by atoms with Crippen LogP contribution in [0.1, 0.15) is 18.1 Å². The highest BCUT2D eigenvalue weighted by Gasteiger charge is 2.17. The molecule has 0 aliphatic carbocycles. The summed E-state index contributed by atoms with van der Waals surface area (Å²) in [6.07, 6.45) is 0.627. The van der Waals surface area contributed by atoms with Crippen molar-refractivity contribution < 1.29 is 9.50 Å². The number of benzene rings is 1. The van der Waals surface area contributed by atoms with Gasteiger partial charge < -0.3 is 5.11 Å². The van der Waals surface area contributed by atoms with Gasteiger partial charge in [0.25, 0.3) is 0 Å². The lowest BCUT2D eigenvalue weighted by atomic mass is 9.99. The summed E-state index contributed by atoms with van der Waals surface area (Å²) >= 11 is 0. The van der Waals surface area contributed by atoms with Crippen LogP contribution < -0.4 is 0 Å². The highest BCUT2D eigenvalue weighted by molar-refractivity contribution is 5.29. The maximum Gasteiger partial charge on any atom is 0.123 e. The second-order valence-corrected chi connectivity index (χ2v) is 4.25. The van der Waals surface area contributed by atoms with Crippen molar-refractivity contribution in [1.82, 2.24) is 4.90 Å². The van der Waals surface area contributed by atoms with Crippen LogP contribution in [-0.2, 0) is 13.0 Å². The molecule has 0 radical (unpaired) electrons. The van der Waals surface area contributed by atoms with Gasteiger partial charge in [-0.15, -0.1) is 0 Å². The Morgan fingerprint density at radius 2 is 2.27 bits per heavy atom. The molecule has 1 aromatic carbocycles. The van der Waals surface area contributed by atoms with Gasteiger partial charge in [-0.05, 0) is 36.6 Å². The third kappa shape index (κ3) is 2.55. The molecule has 15 heavy (non-hydrogen) atoms. The van der Waals surface area contributed by atoms with Crippen LogP contribution in [0.15, 0.2) is 18.2 Å². The molecule has 82 valence electrons. The van der Waals surface area contributed by atoms with Crippen molar-refractivity contribution in [2.24, 2.45) is 0 Å². The molecule has 0 unspecified atom stereocenters. The number of aliphatic hydroxyl groups is 1. The van der Waals surface area contributed by atoms with Crippen LogP contribution in [0.5, 0.6) is 0 Å². The van der Waals surface area contributed by atoms with Gasteiger partial charge in [0.2, 0.25) is 0 Å². The summed E-state index contributed by atoms with van der Waals surface area (Å²) in [6.45, 7) is 4.14. The first kappa shape index (κ1) is 10.6. The van der Waals surface area contributed by atoms with E-state index in [1.807, 2.05) is 6.07 Å². The van der Waals surface area contributed by atoms with Crippen LogP contribution in [0.4, 0.5) is 4.39 Å². The van der Waals surface area contributed by atoms with Crippen molar-refractivity contribution in [1.29, 1.82) is 0 Å². The molecular weight excluding hydrogens is 193 g/mol. The van der Waals surface area contributed by atoms with E-state index in [4.69, 9.17) is 0 Å². The quantitative estimate of drug-likeness (QED) is 0.799. The molecule has 0 bridgehead atoms. The topological polar surface area (TPSA) is 23.5 Å². The normalized spacial score (nSPS) is 18.6. The molecule has 0 fully saturated rings. The second kappa shape index (κ2) is 4.29. The molecule has 1 N–H and O–H groups in total. The fourth-order valence-corrected chi connectivity index (χ4v) is 2.11. The Labute approximate surface area is 89.3 Å². The minimum absolute atomic E-state index is 0.173.